The maximum Gasteiger partial charge on any atom is 0.258 e. The van der Waals surface area contributed by atoms with Crippen molar-refractivity contribution in [2.45, 2.75) is 51.0 Å². The van der Waals surface area contributed by atoms with E-state index in [1.807, 2.05) is 0 Å². The zero-order valence-corrected chi connectivity index (χ0v) is 15.7. The summed E-state index contributed by atoms with van der Waals surface area (Å²) < 4.78 is 0. The number of imide groups is 1. The van der Waals surface area contributed by atoms with Gasteiger partial charge in [-0.05, 0) is 38.3 Å². The summed E-state index contributed by atoms with van der Waals surface area (Å²) in [7, 11) is 0. The van der Waals surface area contributed by atoms with Gasteiger partial charge in [-0.2, -0.15) is 0 Å². The minimum Gasteiger partial charge on any atom is -0.383 e. The summed E-state index contributed by atoms with van der Waals surface area (Å²) in [6.07, 6.45) is 7.84. The third-order valence-electron chi connectivity index (χ3n) is 5.62. The molecule has 0 bridgehead atoms. The number of amides is 2. The van der Waals surface area contributed by atoms with Crippen molar-refractivity contribution < 1.29 is 14.7 Å². The quantitative estimate of drug-likeness (QED) is 0.435. The second-order valence-corrected chi connectivity index (χ2v) is 7.49. The SMILES string of the molecule is O=C1CC2(CCCC2)C(O)C(=O)N1CCCCNCCNc1ncccn1. The Morgan fingerprint density at radius 1 is 1.11 bits per heavy atom. The number of carbonyl (C=O) groups excluding carboxylic acids is 2. The van der Waals surface area contributed by atoms with Crippen LogP contribution in [0.1, 0.15) is 44.9 Å². The van der Waals surface area contributed by atoms with E-state index in [4.69, 9.17) is 0 Å². The molecule has 8 heteroatoms. The highest BCUT2D eigenvalue weighted by molar-refractivity contribution is 6.01. The Morgan fingerprint density at radius 2 is 1.85 bits per heavy atom. The average molecular weight is 375 g/mol. The fourth-order valence-corrected chi connectivity index (χ4v) is 4.09. The molecule has 1 saturated carbocycles. The first kappa shape index (κ1) is 19.7. The van der Waals surface area contributed by atoms with Gasteiger partial charge >= 0.3 is 0 Å². The zero-order chi connectivity index (χ0) is 19.1. The van der Waals surface area contributed by atoms with Crippen LogP contribution in [0.3, 0.4) is 0 Å². The van der Waals surface area contributed by atoms with E-state index in [1.165, 1.54) is 4.90 Å². The fourth-order valence-electron chi connectivity index (χ4n) is 4.09. The van der Waals surface area contributed by atoms with Crippen molar-refractivity contribution in [2.75, 3.05) is 31.5 Å². The van der Waals surface area contributed by atoms with Crippen LogP contribution < -0.4 is 10.6 Å². The van der Waals surface area contributed by atoms with Gasteiger partial charge in [-0.3, -0.25) is 14.5 Å². The molecule has 148 valence electrons. The molecule has 8 nitrogen and oxygen atoms in total. The number of aliphatic hydroxyl groups excluding tert-OH is 1. The standard InChI is InChI=1S/C19H29N5O3/c25-15-14-19(6-1-2-7-19)16(26)17(27)24(15)13-4-3-8-20-11-12-23-18-21-9-5-10-22-18/h5,9-10,16,20,26H,1-4,6-8,11-14H2,(H,21,22,23). The number of likely N-dealkylation sites (tertiary alicyclic amines) is 1. The van der Waals surface area contributed by atoms with E-state index in [0.29, 0.717) is 18.9 Å². The zero-order valence-electron chi connectivity index (χ0n) is 15.7. The first-order valence-corrected chi connectivity index (χ1v) is 9.86. The summed E-state index contributed by atoms with van der Waals surface area (Å²) in [5.74, 6) is 0.0976. The molecule has 3 N–H and O–H groups in total. The molecule has 2 heterocycles. The first-order valence-electron chi connectivity index (χ1n) is 9.86. The van der Waals surface area contributed by atoms with E-state index >= 15 is 0 Å². The number of anilines is 1. The first-order chi connectivity index (χ1) is 13.1. The van der Waals surface area contributed by atoms with Crippen LogP contribution in [0.15, 0.2) is 18.5 Å². The lowest BCUT2D eigenvalue weighted by Crippen LogP contribution is -2.56. The molecule has 1 aromatic heterocycles. The lowest BCUT2D eigenvalue weighted by Gasteiger charge is -2.41. The topological polar surface area (TPSA) is 107 Å². The largest absolute Gasteiger partial charge is 0.383 e. The van der Waals surface area contributed by atoms with Gasteiger partial charge in [0.1, 0.15) is 6.10 Å². The van der Waals surface area contributed by atoms with Crippen LogP contribution in [0.5, 0.6) is 0 Å². The van der Waals surface area contributed by atoms with Gasteiger partial charge in [0.2, 0.25) is 11.9 Å². The Bertz CT molecular complexity index is 633. The normalized spacial score (nSPS) is 21.8. The van der Waals surface area contributed by atoms with Gasteiger partial charge in [0.25, 0.3) is 5.91 Å². The summed E-state index contributed by atoms with van der Waals surface area (Å²) in [5.41, 5.74) is -0.484. The van der Waals surface area contributed by atoms with Crippen molar-refractivity contribution in [3.05, 3.63) is 18.5 Å². The third kappa shape index (κ3) is 4.81. The summed E-state index contributed by atoms with van der Waals surface area (Å²) in [6, 6.07) is 1.77. The molecule has 1 aliphatic carbocycles. The maximum absolute atomic E-state index is 12.5. The summed E-state index contributed by atoms with van der Waals surface area (Å²) in [4.78, 5) is 34.3. The predicted molar refractivity (Wildman–Crippen MR) is 101 cm³/mol. The molecule has 3 rings (SSSR count). The average Bonchev–Trinajstić information content (AvgIpc) is 3.14. The van der Waals surface area contributed by atoms with Gasteiger partial charge in [0.05, 0.1) is 0 Å². The molecule has 1 spiro atoms. The van der Waals surface area contributed by atoms with Crippen molar-refractivity contribution in [1.82, 2.24) is 20.2 Å². The van der Waals surface area contributed by atoms with E-state index in [-0.39, 0.29) is 5.91 Å². The van der Waals surface area contributed by atoms with Gasteiger partial charge < -0.3 is 15.7 Å². The number of unbranched alkanes of at least 4 members (excludes halogenated alkanes) is 1. The molecular formula is C19H29N5O3. The lowest BCUT2D eigenvalue weighted by molar-refractivity contribution is -0.166. The summed E-state index contributed by atoms with van der Waals surface area (Å²) in [6.45, 7) is 2.70. The van der Waals surface area contributed by atoms with Crippen LogP contribution in [0.2, 0.25) is 0 Å². The van der Waals surface area contributed by atoms with Gasteiger partial charge in [0.15, 0.2) is 0 Å². The maximum atomic E-state index is 12.5. The molecule has 1 saturated heterocycles. The number of aliphatic hydroxyl groups is 1. The van der Waals surface area contributed by atoms with Crippen LogP contribution in [0.25, 0.3) is 0 Å². The van der Waals surface area contributed by atoms with Gasteiger partial charge in [-0.1, -0.05) is 12.8 Å². The fraction of sp³-hybridized carbons (Fsp3) is 0.684. The highest BCUT2D eigenvalue weighted by Crippen LogP contribution is 2.47. The van der Waals surface area contributed by atoms with Gasteiger partial charge in [-0.25, -0.2) is 9.97 Å². The molecule has 1 aromatic rings. The van der Waals surface area contributed by atoms with Crippen molar-refractivity contribution in [3.63, 3.8) is 0 Å². The highest BCUT2D eigenvalue weighted by atomic mass is 16.3. The second kappa shape index (κ2) is 9.23. The monoisotopic (exact) mass is 375 g/mol. The molecule has 1 aliphatic heterocycles. The molecule has 0 radical (unpaired) electrons. The van der Waals surface area contributed by atoms with Crippen LogP contribution >= 0.6 is 0 Å². The minimum absolute atomic E-state index is 0.118. The molecule has 1 atom stereocenters. The number of piperidine rings is 1. The van der Waals surface area contributed by atoms with Crippen molar-refractivity contribution in [2.24, 2.45) is 5.41 Å². The summed E-state index contributed by atoms with van der Waals surface area (Å²) in [5, 5.41) is 16.9. The summed E-state index contributed by atoms with van der Waals surface area (Å²) >= 11 is 0. The van der Waals surface area contributed by atoms with Crippen LogP contribution in [0, 0.1) is 5.41 Å². The molecule has 2 aliphatic rings. The lowest BCUT2D eigenvalue weighted by atomic mass is 9.74. The molecule has 0 aromatic carbocycles. The predicted octanol–water partition coefficient (Wildman–Crippen LogP) is 0.939. The Hall–Kier alpha value is -2.06. The Labute approximate surface area is 159 Å². The van der Waals surface area contributed by atoms with Crippen molar-refractivity contribution in [3.8, 4) is 0 Å². The molecule has 27 heavy (non-hydrogen) atoms. The van der Waals surface area contributed by atoms with Crippen molar-refractivity contribution in [1.29, 1.82) is 0 Å². The Balaban J connectivity index is 1.30. The number of nitrogens with one attached hydrogen (secondary N) is 2. The number of rotatable bonds is 9. The number of hydrogen-bond donors (Lipinski definition) is 3. The molecule has 2 amide bonds. The smallest absolute Gasteiger partial charge is 0.258 e. The van der Waals surface area contributed by atoms with E-state index in [9.17, 15) is 14.7 Å². The second-order valence-electron chi connectivity index (χ2n) is 7.49. The van der Waals surface area contributed by atoms with E-state index < -0.39 is 17.4 Å². The van der Waals surface area contributed by atoms with E-state index in [0.717, 1.165) is 58.2 Å². The number of aromatic nitrogens is 2. The van der Waals surface area contributed by atoms with E-state index in [1.54, 1.807) is 18.5 Å². The minimum atomic E-state index is -1.01. The van der Waals surface area contributed by atoms with Gasteiger partial charge in [0, 0.05) is 43.9 Å². The Morgan fingerprint density at radius 3 is 2.59 bits per heavy atom. The van der Waals surface area contributed by atoms with Crippen molar-refractivity contribution >= 4 is 17.8 Å². The molecular weight excluding hydrogens is 346 g/mol. The van der Waals surface area contributed by atoms with E-state index in [2.05, 4.69) is 20.6 Å². The third-order valence-corrected chi connectivity index (χ3v) is 5.62. The van der Waals surface area contributed by atoms with Gasteiger partial charge in [-0.15, -0.1) is 0 Å². The molecule has 2 fully saturated rings. The number of carbonyl (C=O) groups is 2. The number of nitrogens with zero attached hydrogens (tertiary/aromatic N) is 3. The number of hydrogen-bond acceptors (Lipinski definition) is 7. The van der Waals surface area contributed by atoms with Crippen LogP contribution in [-0.2, 0) is 9.59 Å². The highest BCUT2D eigenvalue weighted by Gasteiger charge is 2.51. The Kier molecular flexibility index (Phi) is 6.73. The van der Waals surface area contributed by atoms with Crippen LogP contribution in [-0.4, -0.2) is 64.1 Å². The van der Waals surface area contributed by atoms with Crippen LogP contribution in [0.4, 0.5) is 5.95 Å². The molecule has 1 unspecified atom stereocenters.